The Morgan fingerprint density at radius 3 is 2.96 bits per heavy atom. The molecule has 1 atom stereocenters. The van der Waals surface area contributed by atoms with Crippen LogP contribution in [0.2, 0.25) is 5.02 Å². The van der Waals surface area contributed by atoms with Crippen LogP contribution >= 0.6 is 22.9 Å². The van der Waals surface area contributed by atoms with Gasteiger partial charge in [0, 0.05) is 19.5 Å². The molecule has 1 aliphatic heterocycles. The number of hydrogen-bond acceptors (Lipinski definition) is 5. The van der Waals surface area contributed by atoms with Crippen LogP contribution in [0.15, 0.2) is 18.2 Å². The van der Waals surface area contributed by atoms with Crippen molar-refractivity contribution in [1.82, 2.24) is 15.5 Å². The van der Waals surface area contributed by atoms with E-state index < -0.39 is 11.7 Å². The van der Waals surface area contributed by atoms with E-state index in [-0.39, 0.29) is 36.3 Å². The minimum atomic E-state index is -0.503. The second-order valence-electron chi connectivity index (χ2n) is 5.70. The highest BCUT2D eigenvalue weighted by molar-refractivity contribution is 7.15. The Labute approximate surface area is 153 Å². The van der Waals surface area contributed by atoms with E-state index >= 15 is 0 Å². The number of aromatic nitrogens is 2. The molecule has 0 spiro atoms. The molecule has 1 unspecified atom stereocenters. The number of halogens is 2. The van der Waals surface area contributed by atoms with Gasteiger partial charge in [-0.05, 0) is 24.1 Å². The van der Waals surface area contributed by atoms with Crippen LogP contribution in [0.3, 0.4) is 0 Å². The first-order valence-corrected chi connectivity index (χ1v) is 9.01. The van der Waals surface area contributed by atoms with Gasteiger partial charge in [-0.15, -0.1) is 10.2 Å². The highest BCUT2D eigenvalue weighted by Crippen LogP contribution is 2.28. The van der Waals surface area contributed by atoms with Crippen LogP contribution in [0, 0.1) is 11.7 Å². The Balaban J connectivity index is 1.59. The Morgan fingerprint density at radius 2 is 2.28 bits per heavy atom. The molecule has 0 aliphatic carbocycles. The third kappa shape index (κ3) is 3.96. The molecule has 2 aromatic rings. The zero-order valence-electron chi connectivity index (χ0n) is 13.5. The molecule has 132 valence electrons. The molecular formula is C16H16ClFN4O2S. The van der Waals surface area contributed by atoms with E-state index in [9.17, 15) is 14.0 Å². The minimum absolute atomic E-state index is 0.0111. The minimum Gasteiger partial charge on any atom is -0.352 e. The molecule has 1 aromatic heterocycles. The molecule has 1 aliphatic rings. The van der Waals surface area contributed by atoms with E-state index in [1.807, 2.05) is 6.92 Å². The number of amides is 2. The molecule has 2 amide bonds. The van der Waals surface area contributed by atoms with Gasteiger partial charge in [-0.1, -0.05) is 35.9 Å². The van der Waals surface area contributed by atoms with Crippen LogP contribution < -0.4 is 10.2 Å². The summed E-state index contributed by atoms with van der Waals surface area (Å²) in [4.78, 5) is 26.0. The normalized spacial score (nSPS) is 17.2. The summed E-state index contributed by atoms with van der Waals surface area (Å²) in [5, 5.41) is 12.2. The third-order valence-corrected chi connectivity index (χ3v) is 5.32. The quantitative estimate of drug-likeness (QED) is 0.862. The SMILES string of the molecule is CCc1nnc(N2CC(C(=O)NCc3ccc(F)c(Cl)c3)CC2=O)s1. The van der Waals surface area contributed by atoms with Gasteiger partial charge in [0.15, 0.2) is 0 Å². The highest BCUT2D eigenvalue weighted by atomic mass is 35.5. The summed E-state index contributed by atoms with van der Waals surface area (Å²) in [6, 6.07) is 4.28. The van der Waals surface area contributed by atoms with Crippen molar-refractivity contribution >= 4 is 39.9 Å². The average Bonchev–Trinajstić information content (AvgIpc) is 3.21. The number of anilines is 1. The predicted octanol–water partition coefficient (Wildman–Crippen LogP) is 2.56. The van der Waals surface area contributed by atoms with E-state index in [1.54, 1.807) is 6.07 Å². The van der Waals surface area contributed by atoms with Crippen molar-refractivity contribution in [3.05, 3.63) is 39.6 Å². The fourth-order valence-electron chi connectivity index (χ4n) is 2.55. The smallest absolute Gasteiger partial charge is 0.229 e. The van der Waals surface area contributed by atoms with Gasteiger partial charge < -0.3 is 5.32 Å². The molecule has 1 fully saturated rings. The van der Waals surface area contributed by atoms with Gasteiger partial charge in [0.25, 0.3) is 0 Å². The summed E-state index contributed by atoms with van der Waals surface area (Å²) in [7, 11) is 0. The molecule has 3 rings (SSSR count). The van der Waals surface area contributed by atoms with Crippen molar-refractivity contribution in [3.8, 4) is 0 Å². The van der Waals surface area contributed by atoms with E-state index in [1.165, 1.54) is 28.4 Å². The first-order chi connectivity index (χ1) is 12.0. The Kier molecular flexibility index (Phi) is 5.29. The van der Waals surface area contributed by atoms with Gasteiger partial charge >= 0.3 is 0 Å². The molecule has 1 aromatic carbocycles. The molecular weight excluding hydrogens is 367 g/mol. The molecule has 9 heteroatoms. The van der Waals surface area contributed by atoms with Crippen LogP contribution in [0.25, 0.3) is 0 Å². The molecule has 0 saturated carbocycles. The summed E-state index contributed by atoms with van der Waals surface area (Å²) in [6.45, 7) is 2.48. The van der Waals surface area contributed by atoms with E-state index in [0.717, 1.165) is 11.4 Å². The van der Waals surface area contributed by atoms with Crippen LogP contribution in [0.4, 0.5) is 9.52 Å². The number of aryl methyl sites for hydroxylation is 1. The summed E-state index contributed by atoms with van der Waals surface area (Å²) in [5.41, 5.74) is 0.692. The van der Waals surface area contributed by atoms with Crippen LogP contribution in [-0.2, 0) is 22.6 Å². The van der Waals surface area contributed by atoms with Crippen molar-refractivity contribution in [2.75, 3.05) is 11.4 Å². The highest BCUT2D eigenvalue weighted by Gasteiger charge is 2.36. The van der Waals surface area contributed by atoms with Crippen molar-refractivity contribution in [2.45, 2.75) is 26.3 Å². The number of carbonyl (C=O) groups excluding carboxylic acids is 2. The van der Waals surface area contributed by atoms with Gasteiger partial charge in [0.05, 0.1) is 10.9 Å². The maximum atomic E-state index is 13.1. The van der Waals surface area contributed by atoms with Crippen LogP contribution in [0.5, 0.6) is 0 Å². The largest absolute Gasteiger partial charge is 0.352 e. The van der Waals surface area contributed by atoms with Gasteiger partial charge in [-0.2, -0.15) is 0 Å². The van der Waals surface area contributed by atoms with Gasteiger partial charge in [-0.25, -0.2) is 4.39 Å². The number of carbonyl (C=O) groups is 2. The van der Waals surface area contributed by atoms with Gasteiger partial charge in [0.2, 0.25) is 16.9 Å². The molecule has 25 heavy (non-hydrogen) atoms. The topological polar surface area (TPSA) is 75.2 Å². The van der Waals surface area contributed by atoms with Crippen LogP contribution in [0.1, 0.15) is 23.9 Å². The summed E-state index contributed by atoms with van der Waals surface area (Å²) >= 11 is 7.09. The number of nitrogens with one attached hydrogen (secondary N) is 1. The Morgan fingerprint density at radius 1 is 1.48 bits per heavy atom. The van der Waals surface area contributed by atoms with Gasteiger partial charge in [0.1, 0.15) is 10.8 Å². The fraction of sp³-hybridized carbons (Fsp3) is 0.375. The number of hydrogen-bond donors (Lipinski definition) is 1. The third-order valence-electron chi connectivity index (χ3n) is 3.94. The molecule has 1 saturated heterocycles. The van der Waals surface area contributed by atoms with Crippen molar-refractivity contribution in [1.29, 1.82) is 0 Å². The van der Waals surface area contributed by atoms with E-state index in [2.05, 4.69) is 15.5 Å². The molecule has 0 bridgehead atoms. The van der Waals surface area contributed by atoms with Gasteiger partial charge in [-0.3, -0.25) is 14.5 Å². The lowest BCUT2D eigenvalue weighted by Crippen LogP contribution is -2.32. The van der Waals surface area contributed by atoms with E-state index in [0.29, 0.717) is 10.7 Å². The lowest BCUT2D eigenvalue weighted by Gasteiger charge is -2.13. The molecule has 0 radical (unpaired) electrons. The fourth-order valence-corrected chi connectivity index (χ4v) is 3.56. The Bertz CT molecular complexity index is 813. The average molecular weight is 383 g/mol. The number of nitrogens with zero attached hydrogens (tertiary/aromatic N) is 3. The predicted molar refractivity (Wildman–Crippen MR) is 93.0 cm³/mol. The summed E-state index contributed by atoms with van der Waals surface area (Å²) < 4.78 is 13.1. The van der Waals surface area contributed by atoms with Crippen molar-refractivity contribution in [2.24, 2.45) is 5.92 Å². The second kappa shape index (κ2) is 7.45. The maximum Gasteiger partial charge on any atom is 0.229 e. The first-order valence-electron chi connectivity index (χ1n) is 7.82. The monoisotopic (exact) mass is 382 g/mol. The van der Waals surface area contributed by atoms with Crippen LogP contribution in [-0.4, -0.2) is 28.6 Å². The summed E-state index contributed by atoms with van der Waals surface area (Å²) in [5.74, 6) is -1.31. The number of benzene rings is 1. The zero-order chi connectivity index (χ0) is 18.0. The zero-order valence-corrected chi connectivity index (χ0v) is 15.0. The second-order valence-corrected chi connectivity index (χ2v) is 7.15. The standard InChI is InChI=1S/C16H16ClFN4O2S/c1-2-13-20-21-16(25-13)22-8-10(6-14(22)23)15(24)19-7-9-3-4-12(18)11(17)5-9/h3-5,10H,2,6-8H2,1H3,(H,19,24). The summed E-state index contributed by atoms with van der Waals surface area (Å²) in [6.07, 6.45) is 0.890. The van der Waals surface area contributed by atoms with E-state index in [4.69, 9.17) is 11.6 Å². The lowest BCUT2D eigenvalue weighted by atomic mass is 10.1. The maximum absolute atomic E-state index is 13.1. The Hall–Kier alpha value is -2.06. The van der Waals surface area contributed by atoms with Crippen molar-refractivity contribution in [3.63, 3.8) is 0 Å². The van der Waals surface area contributed by atoms with Crippen molar-refractivity contribution < 1.29 is 14.0 Å². The lowest BCUT2D eigenvalue weighted by molar-refractivity contribution is -0.126. The molecule has 1 N–H and O–H groups in total. The first kappa shape index (κ1) is 17.8. The molecule has 2 heterocycles. The number of rotatable bonds is 5. The molecule has 6 nitrogen and oxygen atoms in total.